The highest BCUT2D eigenvalue weighted by atomic mass is 79.9. The van der Waals surface area contributed by atoms with E-state index in [-0.39, 0.29) is 6.04 Å². The van der Waals surface area contributed by atoms with E-state index in [4.69, 9.17) is 5.73 Å². The van der Waals surface area contributed by atoms with Gasteiger partial charge in [0, 0.05) is 14.2 Å². The Labute approximate surface area is 108 Å². The van der Waals surface area contributed by atoms with Crippen molar-refractivity contribution in [2.75, 3.05) is 0 Å². The van der Waals surface area contributed by atoms with Crippen LogP contribution in [0.25, 0.3) is 0 Å². The molecule has 1 unspecified atom stereocenters. The van der Waals surface area contributed by atoms with Gasteiger partial charge in [-0.3, -0.25) is 0 Å². The molecule has 1 atom stereocenters. The quantitative estimate of drug-likeness (QED) is 0.884. The monoisotopic (exact) mass is 295 g/mol. The molecule has 0 fully saturated rings. The van der Waals surface area contributed by atoms with E-state index in [1.165, 1.54) is 20.9 Å². The van der Waals surface area contributed by atoms with E-state index in [2.05, 4.69) is 48.0 Å². The molecule has 0 aliphatic heterocycles. The van der Waals surface area contributed by atoms with Gasteiger partial charge in [-0.25, -0.2) is 0 Å². The smallest absolute Gasteiger partial charge is 0.0649 e. The molecule has 16 heavy (non-hydrogen) atoms. The van der Waals surface area contributed by atoms with Crippen molar-refractivity contribution in [2.45, 2.75) is 19.9 Å². The molecule has 0 aliphatic carbocycles. The second kappa shape index (κ2) is 4.70. The molecule has 1 nitrogen and oxygen atoms in total. The molecular formula is C13H14BrNS. The molecule has 3 heteroatoms. The average Bonchev–Trinajstić information content (AvgIpc) is 2.59. The van der Waals surface area contributed by atoms with Crippen LogP contribution in [0.2, 0.25) is 0 Å². The second-order valence-corrected chi connectivity index (χ2v) is 6.03. The lowest BCUT2D eigenvalue weighted by atomic mass is 10.0. The molecule has 0 saturated heterocycles. The van der Waals surface area contributed by atoms with Crippen molar-refractivity contribution in [2.24, 2.45) is 5.73 Å². The van der Waals surface area contributed by atoms with E-state index in [1.807, 2.05) is 12.1 Å². The molecule has 2 rings (SSSR count). The molecule has 0 aliphatic rings. The van der Waals surface area contributed by atoms with Crippen LogP contribution >= 0.6 is 27.3 Å². The van der Waals surface area contributed by atoms with Gasteiger partial charge >= 0.3 is 0 Å². The van der Waals surface area contributed by atoms with Gasteiger partial charge in [0.15, 0.2) is 0 Å². The first kappa shape index (κ1) is 11.8. The minimum atomic E-state index is -0.0174. The summed E-state index contributed by atoms with van der Waals surface area (Å²) in [6.07, 6.45) is 0. The Hall–Kier alpha value is -0.640. The standard InChI is InChI=1S/C13H14BrNS/c1-8-5-3-4-6-10(8)13(15)12-7-11(14)9(2)16-12/h3-7,13H,15H2,1-2H3. The maximum absolute atomic E-state index is 6.29. The maximum Gasteiger partial charge on any atom is 0.0649 e. The van der Waals surface area contributed by atoms with Gasteiger partial charge in [-0.15, -0.1) is 11.3 Å². The van der Waals surface area contributed by atoms with Crippen molar-refractivity contribution in [1.29, 1.82) is 0 Å². The minimum Gasteiger partial charge on any atom is -0.320 e. The van der Waals surface area contributed by atoms with Gasteiger partial charge < -0.3 is 5.73 Å². The molecule has 1 heterocycles. The maximum atomic E-state index is 6.29. The van der Waals surface area contributed by atoms with Gasteiger partial charge in [0.25, 0.3) is 0 Å². The van der Waals surface area contributed by atoms with Gasteiger partial charge in [0.2, 0.25) is 0 Å². The summed E-state index contributed by atoms with van der Waals surface area (Å²) in [5.74, 6) is 0. The number of rotatable bonds is 2. The van der Waals surface area contributed by atoms with Crippen molar-refractivity contribution in [3.63, 3.8) is 0 Å². The van der Waals surface area contributed by atoms with Crippen molar-refractivity contribution in [3.8, 4) is 0 Å². The first-order valence-electron chi connectivity index (χ1n) is 5.16. The lowest BCUT2D eigenvalue weighted by Crippen LogP contribution is -2.11. The molecule has 0 amide bonds. The summed E-state index contributed by atoms with van der Waals surface area (Å²) in [7, 11) is 0. The van der Waals surface area contributed by atoms with Crippen molar-refractivity contribution in [1.82, 2.24) is 0 Å². The third-order valence-corrected chi connectivity index (χ3v) is 4.93. The SMILES string of the molecule is Cc1ccccc1C(N)c1cc(Br)c(C)s1. The highest BCUT2D eigenvalue weighted by molar-refractivity contribution is 9.10. The molecule has 84 valence electrons. The van der Waals surface area contributed by atoms with E-state index in [0.717, 1.165) is 4.47 Å². The highest BCUT2D eigenvalue weighted by Gasteiger charge is 2.14. The van der Waals surface area contributed by atoms with Gasteiger partial charge in [0.1, 0.15) is 0 Å². The van der Waals surface area contributed by atoms with Crippen LogP contribution in [0.15, 0.2) is 34.8 Å². The lowest BCUT2D eigenvalue weighted by Gasteiger charge is -2.12. The number of hydrogen-bond donors (Lipinski definition) is 1. The molecule has 0 bridgehead atoms. The summed E-state index contributed by atoms with van der Waals surface area (Å²) in [5, 5.41) is 0. The van der Waals surface area contributed by atoms with Gasteiger partial charge in [-0.1, -0.05) is 24.3 Å². The third kappa shape index (κ3) is 2.21. The Morgan fingerprint density at radius 1 is 1.25 bits per heavy atom. The summed E-state index contributed by atoms with van der Waals surface area (Å²) < 4.78 is 1.15. The molecule has 1 aromatic heterocycles. The molecule has 2 aromatic rings. The summed E-state index contributed by atoms with van der Waals surface area (Å²) in [4.78, 5) is 2.48. The molecule has 0 radical (unpaired) electrons. The lowest BCUT2D eigenvalue weighted by molar-refractivity contribution is 0.882. The number of thiophene rings is 1. The Balaban J connectivity index is 2.39. The minimum absolute atomic E-state index is 0.0174. The number of nitrogens with two attached hydrogens (primary N) is 1. The summed E-state index contributed by atoms with van der Waals surface area (Å²) in [6, 6.07) is 10.4. The van der Waals surface area contributed by atoms with Crippen LogP contribution in [0.4, 0.5) is 0 Å². The van der Waals surface area contributed by atoms with Crippen LogP contribution < -0.4 is 5.73 Å². The fourth-order valence-corrected chi connectivity index (χ4v) is 3.31. The highest BCUT2D eigenvalue weighted by Crippen LogP contribution is 2.33. The molecule has 0 spiro atoms. The van der Waals surface area contributed by atoms with Gasteiger partial charge in [-0.2, -0.15) is 0 Å². The number of hydrogen-bond acceptors (Lipinski definition) is 2. The van der Waals surface area contributed by atoms with Crippen LogP contribution in [0.3, 0.4) is 0 Å². The Morgan fingerprint density at radius 2 is 1.94 bits per heavy atom. The van der Waals surface area contributed by atoms with E-state index < -0.39 is 0 Å². The predicted octanol–water partition coefficient (Wildman–Crippen LogP) is 4.18. The number of halogens is 1. The summed E-state index contributed by atoms with van der Waals surface area (Å²) >= 11 is 5.28. The molecule has 2 N–H and O–H groups in total. The number of aryl methyl sites for hydroxylation is 2. The van der Waals surface area contributed by atoms with Crippen molar-refractivity contribution < 1.29 is 0 Å². The fourth-order valence-electron chi connectivity index (χ4n) is 1.72. The van der Waals surface area contributed by atoms with E-state index in [0.29, 0.717) is 0 Å². The topological polar surface area (TPSA) is 26.0 Å². The van der Waals surface area contributed by atoms with E-state index in [9.17, 15) is 0 Å². The van der Waals surface area contributed by atoms with Crippen molar-refractivity contribution >= 4 is 27.3 Å². The largest absolute Gasteiger partial charge is 0.320 e. The van der Waals surface area contributed by atoms with Crippen LogP contribution in [-0.4, -0.2) is 0 Å². The van der Waals surface area contributed by atoms with Crippen LogP contribution in [0, 0.1) is 13.8 Å². The first-order chi connectivity index (χ1) is 7.59. The van der Waals surface area contributed by atoms with E-state index in [1.54, 1.807) is 11.3 Å². The summed E-state index contributed by atoms with van der Waals surface area (Å²) in [5.41, 5.74) is 8.74. The zero-order chi connectivity index (χ0) is 11.7. The van der Waals surface area contributed by atoms with Crippen LogP contribution in [0.5, 0.6) is 0 Å². The Kier molecular flexibility index (Phi) is 3.47. The van der Waals surface area contributed by atoms with Crippen LogP contribution in [0.1, 0.15) is 26.9 Å². The first-order valence-corrected chi connectivity index (χ1v) is 6.77. The zero-order valence-corrected chi connectivity index (χ0v) is 11.7. The zero-order valence-electron chi connectivity index (χ0n) is 9.33. The predicted molar refractivity (Wildman–Crippen MR) is 74.0 cm³/mol. The Bertz CT molecular complexity index is 485. The average molecular weight is 296 g/mol. The van der Waals surface area contributed by atoms with E-state index >= 15 is 0 Å². The van der Waals surface area contributed by atoms with Crippen molar-refractivity contribution in [3.05, 3.63) is 55.7 Å². The van der Waals surface area contributed by atoms with Gasteiger partial charge in [0.05, 0.1) is 6.04 Å². The summed E-state index contributed by atoms with van der Waals surface area (Å²) in [6.45, 7) is 4.20. The molecule has 0 saturated carbocycles. The number of benzene rings is 1. The van der Waals surface area contributed by atoms with Gasteiger partial charge in [-0.05, 0) is 47.0 Å². The molecular weight excluding hydrogens is 282 g/mol. The molecule has 1 aromatic carbocycles. The van der Waals surface area contributed by atoms with Crippen LogP contribution in [-0.2, 0) is 0 Å². The third-order valence-electron chi connectivity index (χ3n) is 2.71. The fraction of sp³-hybridized carbons (Fsp3) is 0.231. The normalized spacial score (nSPS) is 12.8. The Morgan fingerprint density at radius 3 is 2.50 bits per heavy atom. The second-order valence-electron chi connectivity index (χ2n) is 3.89.